The molecule has 0 aliphatic carbocycles. The Morgan fingerprint density at radius 1 is 1.00 bits per heavy atom. The van der Waals surface area contributed by atoms with Crippen LogP contribution in [0.3, 0.4) is 0 Å². The molecule has 0 bridgehead atoms. The van der Waals surface area contributed by atoms with Crippen LogP contribution in [0.4, 0.5) is 0 Å². The highest BCUT2D eigenvalue weighted by Gasteiger charge is 2.31. The third-order valence-corrected chi connectivity index (χ3v) is 3.53. The predicted molar refractivity (Wildman–Crippen MR) is 71.2 cm³/mol. The van der Waals surface area contributed by atoms with Crippen LogP contribution in [0, 0.1) is 0 Å². The highest BCUT2D eigenvalue weighted by atomic mass is 16.2. The van der Waals surface area contributed by atoms with Gasteiger partial charge in [0.1, 0.15) is 0 Å². The highest BCUT2D eigenvalue weighted by Crippen LogP contribution is 2.33. The number of rotatable bonds is 1. The number of likely N-dealkylation sites (N-methyl/N-ethyl adjacent to an activating group) is 1. The minimum absolute atomic E-state index is 0.152. The minimum atomic E-state index is -0.152. The third-order valence-electron chi connectivity index (χ3n) is 3.53. The summed E-state index contributed by atoms with van der Waals surface area (Å²) in [6, 6.07) is 18.2. The van der Waals surface area contributed by atoms with Crippen molar-refractivity contribution in [1.29, 1.82) is 0 Å². The maximum absolute atomic E-state index is 12.4. The van der Waals surface area contributed by atoms with Gasteiger partial charge in [-0.3, -0.25) is 4.79 Å². The summed E-state index contributed by atoms with van der Waals surface area (Å²) in [5.74, 6) is 0.0288. The fourth-order valence-corrected chi connectivity index (χ4v) is 2.61. The molecule has 1 heterocycles. The molecule has 90 valence electrons. The van der Waals surface area contributed by atoms with E-state index in [-0.39, 0.29) is 11.8 Å². The van der Waals surface area contributed by atoms with Gasteiger partial charge in [-0.25, -0.2) is 0 Å². The van der Waals surface area contributed by atoms with E-state index in [1.54, 1.807) is 4.90 Å². The number of amides is 1. The average Bonchev–Trinajstić information content (AvgIpc) is 2.41. The lowest BCUT2D eigenvalue weighted by atomic mass is 9.84. The lowest BCUT2D eigenvalue weighted by Crippen LogP contribution is -2.36. The molecule has 1 amide bonds. The Morgan fingerprint density at radius 3 is 2.44 bits per heavy atom. The van der Waals surface area contributed by atoms with Crippen LogP contribution < -0.4 is 0 Å². The third kappa shape index (κ3) is 1.70. The highest BCUT2D eigenvalue weighted by molar-refractivity contribution is 5.89. The number of hydrogen-bond acceptors (Lipinski definition) is 1. The van der Waals surface area contributed by atoms with E-state index in [0.29, 0.717) is 6.54 Å². The second-order valence-electron chi connectivity index (χ2n) is 4.74. The first-order valence-corrected chi connectivity index (χ1v) is 6.15. The van der Waals surface area contributed by atoms with Gasteiger partial charge in [-0.2, -0.15) is 0 Å². The van der Waals surface area contributed by atoms with E-state index in [1.807, 2.05) is 49.5 Å². The topological polar surface area (TPSA) is 20.3 Å². The van der Waals surface area contributed by atoms with Gasteiger partial charge < -0.3 is 4.90 Å². The lowest BCUT2D eigenvalue weighted by Gasteiger charge is -2.31. The van der Waals surface area contributed by atoms with Gasteiger partial charge >= 0.3 is 0 Å². The predicted octanol–water partition coefficient (Wildman–Crippen LogP) is 2.79. The molecule has 2 aromatic carbocycles. The quantitative estimate of drug-likeness (QED) is 0.747. The van der Waals surface area contributed by atoms with Gasteiger partial charge in [0.05, 0.1) is 5.92 Å². The van der Waals surface area contributed by atoms with Crippen LogP contribution in [0.5, 0.6) is 0 Å². The van der Waals surface area contributed by atoms with Crippen molar-refractivity contribution < 1.29 is 4.79 Å². The molecule has 0 N–H and O–H groups in total. The van der Waals surface area contributed by atoms with Crippen molar-refractivity contribution in [2.75, 3.05) is 7.05 Å². The smallest absolute Gasteiger partial charge is 0.234 e. The van der Waals surface area contributed by atoms with Gasteiger partial charge in [0.2, 0.25) is 5.91 Å². The second kappa shape index (κ2) is 4.30. The monoisotopic (exact) mass is 237 g/mol. The molecule has 2 heteroatoms. The first-order valence-electron chi connectivity index (χ1n) is 6.15. The zero-order valence-electron chi connectivity index (χ0n) is 10.3. The zero-order valence-corrected chi connectivity index (χ0v) is 10.3. The second-order valence-corrected chi connectivity index (χ2v) is 4.74. The van der Waals surface area contributed by atoms with Gasteiger partial charge in [-0.15, -0.1) is 0 Å². The Bertz CT molecular complexity index is 577. The summed E-state index contributed by atoms with van der Waals surface area (Å²) in [6.45, 7) is 0.707. The normalized spacial score (nSPS) is 18.6. The van der Waals surface area contributed by atoms with Crippen molar-refractivity contribution in [3.8, 4) is 0 Å². The van der Waals surface area contributed by atoms with Crippen LogP contribution in [0.15, 0.2) is 54.6 Å². The number of carbonyl (C=O) groups is 1. The Morgan fingerprint density at radius 2 is 1.67 bits per heavy atom. The number of fused-ring (bicyclic) bond motifs is 1. The van der Waals surface area contributed by atoms with Crippen molar-refractivity contribution in [3.05, 3.63) is 71.3 Å². The van der Waals surface area contributed by atoms with Crippen LogP contribution >= 0.6 is 0 Å². The summed E-state index contributed by atoms with van der Waals surface area (Å²) < 4.78 is 0. The number of hydrogen-bond donors (Lipinski definition) is 0. The van der Waals surface area contributed by atoms with Crippen LogP contribution in [-0.4, -0.2) is 17.9 Å². The van der Waals surface area contributed by atoms with E-state index in [2.05, 4.69) is 12.1 Å². The first-order chi connectivity index (χ1) is 8.77. The average molecular weight is 237 g/mol. The van der Waals surface area contributed by atoms with Gasteiger partial charge in [-0.1, -0.05) is 54.6 Å². The number of nitrogens with zero attached hydrogens (tertiary/aromatic N) is 1. The Balaban J connectivity index is 2.15. The van der Waals surface area contributed by atoms with E-state index < -0.39 is 0 Å². The zero-order chi connectivity index (χ0) is 12.5. The molecule has 1 aliphatic heterocycles. The lowest BCUT2D eigenvalue weighted by molar-refractivity contribution is -0.131. The molecular formula is C16H15NO. The standard InChI is InChI=1S/C16H15NO/c1-17-11-13-9-5-6-10-14(13)15(16(17)18)12-7-3-2-4-8-12/h2-10,15H,11H2,1H3. The summed E-state index contributed by atoms with van der Waals surface area (Å²) in [5.41, 5.74) is 3.46. The summed E-state index contributed by atoms with van der Waals surface area (Å²) in [7, 11) is 1.87. The number of carbonyl (C=O) groups excluding carboxylic acids is 1. The summed E-state index contributed by atoms with van der Waals surface area (Å²) in [5, 5.41) is 0. The van der Waals surface area contributed by atoms with Gasteiger partial charge in [-0.05, 0) is 16.7 Å². The van der Waals surface area contributed by atoms with E-state index in [0.717, 1.165) is 11.1 Å². The van der Waals surface area contributed by atoms with E-state index >= 15 is 0 Å². The molecule has 2 aromatic rings. The SMILES string of the molecule is CN1Cc2ccccc2C(c2ccccc2)C1=O. The van der Waals surface area contributed by atoms with Crippen molar-refractivity contribution in [2.24, 2.45) is 0 Å². The van der Waals surface area contributed by atoms with E-state index in [1.165, 1.54) is 5.56 Å². The van der Waals surface area contributed by atoms with Crippen molar-refractivity contribution >= 4 is 5.91 Å². The Labute approximate surface area is 107 Å². The van der Waals surface area contributed by atoms with Crippen LogP contribution in [-0.2, 0) is 11.3 Å². The largest absolute Gasteiger partial charge is 0.341 e. The van der Waals surface area contributed by atoms with E-state index in [4.69, 9.17) is 0 Å². The molecule has 1 atom stereocenters. The Hall–Kier alpha value is -2.09. The molecule has 2 nitrogen and oxygen atoms in total. The molecule has 0 saturated heterocycles. The minimum Gasteiger partial charge on any atom is -0.341 e. The summed E-state index contributed by atoms with van der Waals surface area (Å²) in [6.07, 6.45) is 0. The maximum atomic E-state index is 12.4. The molecule has 3 rings (SSSR count). The molecule has 18 heavy (non-hydrogen) atoms. The summed E-state index contributed by atoms with van der Waals surface area (Å²) >= 11 is 0. The number of benzene rings is 2. The maximum Gasteiger partial charge on any atom is 0.234 e. The fourth-order valence-electron chi connectivity index (χ4n) is 2.61. The van der Waals surface area contributed by atoms with Gasteiger partial charge in [0, 0.05) is 13.6 Å². The molecule has 0 saturated carbocycles. The summed E-state index contributed by atoms with van der Waals surface area (Å²) in [4.78, 5) is 14.2. The molecule has 1 aliphatic rings. The van der Waals surface area contributed by atoms with Crippen molar-refractivity contribution in [1.82, 2.24) is 4.90 Å². The van der Waals surface area contributed by atoms with E-state index in [9.17, 15) is 4.79 Å². The van der Waals surface area contributed by atoms with Crippen LogP contribution in [0.2, 0.25) is 0 Å². The molecular weight excluding hydrogens is 222 g/mol. The van der Waals surface area contributed by atoms with Gasteiger partial charge in [0.15, 0.2) is 0 Å². The first kappa shape index (κ1) is 11.0. The Kier molecular flexibility index (Phi) is 2.63. The van der Waals surface area contributed by atoms with Crippen molar-refractivity contribution in [2.45, 2.75) is 12.5 Å². The van der Waals surface area contributed by atoms with Gasteiger partial charge in [0.25, 0.3) is 0 Å². The molecule has 0 fully saturated rings. The van der Waals surface area contributed by atoms with Crippen molar-refractivity contribution in [3.63, 3.8) is 0 Å². The molecule has 0 spiro atoms. The van der Waals surface area contributed by atoms with Crippen LogP contribution in [0.25, 0.3) is 0 Å². The molecule has 0 radical (unpaired) electrons. The fraction of sp³-hybridized carbons (Fsp3) is 0.188. The molecule has 1 unspecified atom stereocenters. The van der Waals surface area contributed by atoms with Crippen LogP contribution in [0.1, 0.15) is 22.6 Å². The molecule has 0 aromatic heterocycles.